The summed E-state index contributed by atoms with van der Waals surface area (Å²) in [5.41, 5.74) is 1.78. The van der Waals surface area contributed by atoms with E-state index >= 15 is 0 Å². The number of nitrogens with one attached hydrogen (secondary N) is 2. The van der Waals surface area contributed by atoms with Gasteiger partial charge in [0.1, 0.15) is 24.0 Å². The maximum absolute atomic E-state index is 12.4. The van der Waals surface area contributed by atoms with E-state index < -0.39 is 23.9 Å². The van der Waals surface area contributed by atoms with E-state index in [2.05, 4.69) is 35.3 Å². The molecule has 38 heavy (non-hydrogen) atoms. The number of carboxylic acid groups (broad SMARTS) is 1. The number of anilines is 4. The van der Waals surface area contributed by atoms with Crippen molar-refractivity contribution in [1.29, 1.82) is 0 Å². The van der Waals surface area contributed by atoms with Gasteiger partial charge in [-0.3, -0.25) is 0 Å². The summed E-state index contributed by atoms with van der Waals surface area (Å²) in [6.45, 7) is 7.86. The SMILES string of the molecule is C[Si](C)(C)CCOCn1ccc2c(Nc3ccccc3S(C)(=O)=O)cc(Nc3ccc(C(=O)O)cn3)nc21. The molecule has 4 aromatic rings. The molecule has 0 bridgehead atoms. The highest BCUT2D eigenvalue weighted by Gasteiger charge is 2.17. The molecule has 0 fully saturated rings. The van der Waals surface area contributed by atoms with Gasteiger partial charge in [-0.05, 0) is 36.4 Å². The lowest BCUT2D eigenvalue weighted by atomic mass is 10.2. The summed E-state index contributed by atoms with van der Waals surface area (Å²) in [6.07, 6.45) is 4.31. The molecule has 4 rings (SSSR count). The summed E-state index contributed by atoms with van der Waals surface area (Å²) in [4.78, 5) is 20.3. The van der Waals surface area contributed by atoms with Crippen molar-refractivity contribution in [1.82, 2.24) is 14.5 Å². The summed E-state index contributed by atoms with van der Waals surface area (Å²) in [5.74, 6) is -0.213. The number of benzene rings is 1. The van der Waals surface area contributed by atoms with Gasteiger partial charge in [0, 0.05) is 44.8 Å². The van der Waals surface area contributed by atoms with Gasteiger partial charge in [-0.1, -0.05) is 31.8 Å². The van der Waals surface area contributed by atoms with Crippen molar-refractivity contribution in [3.05, 3.63) is 66.5 Å². The Morgan fingerprint density at radius 2 is 1.82 bits per heavy atom. The van der Waals surface area contributed by atoms with Crippen LogP contribution in [0.3, 0.4) is 0 Å². The molecule has 3 N–H and O–H groups in total. The van der Waals surface area contributed by atoms with Crippen molar-refractivity contribution in [2.24, 2.45) is 0 Å². The number of para-hydroxylation sites is 1. The fourth-order valence-electron chi connectivity index (χ4n) is 3.74. The average molecular weight is 554 g/mol. The van der Waals surface area contributed by atoms with E-state index in [1.54, 1.807) is 36.4 Å². The van der Waals surface area contributed by atoms with Gasteiger partial charge in [-0.15, -0.1) is 0 Å². The number of fused-ring (bicyclic) bond motifs is 1. The van der Waals surface area contributed by atoms with E-state index in [1.165, 1.54) is 18.5 Å². The Morgan fingerprint density at radius 3 is 2.47 bits per heavy atom. The van der Waals surface area contributed by atoms with Crippen molar-refractivity contribution in [3.63, 3.8) is 0 Å². The van der Waals surface area contributed by atoms with E-state index in [-0.39, 0.29) is 10.5 Å². The maximum Gasteiger partial charge on any atom is 0.337 e. The van der Waals surface area contributed by atoms with Crippen LogP contribution in [0.1, 0.15) is 10.4 Å². The topological polar surface area (TPSA) is 135 Å². The Labute approximate surface area is 222 Å². The van der Waals surface area contributed by atoms with Gasteiger partial charge in [0.05, 0.1) is 21.8 Å². The third-order valence-corrected chi connectivity index (χ3v) is 8.64. The van der Waals surface area contributed by atoms with E-state index in [0.29, 0.717) is 42.0 Å². The van der Waals surface area contributed by atoms with Crippen LogP contribution in [0.25, 0.3) is 11.0 Å². The second-order valence-corrected chi connectivity index (χ2v) is 17.8. The minimum absolute atomic E-state index is 0.0723. The molecule has 0 atom stereocenters. The van der Waals surface area contributed by atoms with E-state index in [1.807, 2.05) is 16.8 Å². The fraction of sp³-hybridized carbons (Fsp3) is 0.269. The van der Waals surface area contributed by atoms with Crippen LogP contribution in [0.15, 0.2) is 65.8 Å². The van der Waals surface area contributed by atoms with Crippen LogP contribution in [-0.2, 0) is 21.3 Å². The molecule has 0 aliphatic rings. The standard InChI is InChI=1S/C26H31N5O5SSi/c1-37(34,35)22-8-6-5-7-20(22)28-21-15-24(29-23-10-9-18(16-27-23)26(32)33)30-25-19(21)11-12-31(25)17-36-13-14-38(2,3)4/h5-12,15-16H,13-14,17H2,1-4H3,(H,32,33)(H2,27,28,29,30). The van der Waals surface area contributed by atoms with Crippen molar-refractivity contribution in [2.45, 2.75) is 37.3 Å². The molecule has 0 aliphatic carbocycles. The first-order valence-electron chi connectivity index (χ1n) is 12.0. The zero-order valence-electron chi connectivity index (χ0n) is 21.7. The smallest absolute Gasteiger partial charge is 0.337 e. The van der Waals surface area contributed by atoms with Crippen LogP contribution < -0.4 is 10.6 Å². The van der Waals surface area contributed by atoms with Crippen LogP contribution in [0.2, 0.25) is 25.7 Å². The zero-order valence-corrected chi connectivity index (χ0v) is 23.5. The third-order valence-electron chi connectivity index (χ3n) is 5.78. The second-order valence-electron chi connectivity index (χ2n) is 10.2. The molecule has 0 amide bonds. The first-order valence-corrected chi connectivity index (χ1v) is 17.6. The lowest BCUT2D eigenvalue weighted by Gasteiger charge is -2.16. The highest BCUT2D eigenvalue weighted by Crippen LogP contribution is 2.32. The van der Waals surface area contributed by atoms with E-state index in [4.69, 9.17) is 14.8 Å². The van der Waals surface area contributed by atoms with Crippen molar-refractivity contribution in [3.8, 4) is 0 Å². The Morgan fingerprint density at radius 1 is 1.05 bits per heavy atom. The quantitative estimate of drug-likeness (QED) is 0.166. The minimum Gasteiger partial charge on any atom is -0.478 e. The van der Waals surface area contributed by atoms with Crippen molar-refractivity contribution >= 4 is 57.9 Å². The number of hydrogen-bond acceptors (Lipinski definition) is 8. The van der Waals surface area contributed by atoms with E-state index in [9.17, 15) is 13.2 Å². The van der Waals surface area contributed by atoms with Crippen LogP contribution in [0, 0.1) is 0 Å². The number of aromatic carboxylic acids is 1. The molecular weight excluding hydrogens is 522 g/mol. The number of rotatable bonds is 11. The molecular formula is C26H31N5O5SSi. The molecule has 0 saturated heterocycles. The number of aromatic nitrogens is 3. The van der Waals surface area contributed by atoms with Gasteiger partial charge in [0.15, 0.2) is 9.84 Å². The number of carboxylic acids is 1. The lowest BCUT2D eigenvalue weighted by molar-refractivity contribution is 0.0696. The van der Waals surface area contributed by atoms with Crippen LogP contribution >= 0.6 is 0 Å². The van der Waals surface area contributed by atoms with Gasteiger partial charge >= 0.3 is 5.97 Å². The molecule has 12 heteroatoms. The summed E-state index contributed by atoms with van der Waals surface area (Å²) in [7, 11) is -4.70. The molecule has 3 aromatic heterocycles. The predicted molar refractivity (Wildman–Crippen MR) is 151 cm³/mol. The number of carbonyl (C=O) groups is 1. The molecule has 10 nitrogen and oxygen atoms in total. The molecule has 0 spiro atoms. The van der Waals surface area contributed by atoms with Gasteiger partial charge in [-0.2, -0.15) is 0 Å². The van der Waals surface area contributed by atoms with Gasteiger partial charge < -0.3 is 25.0 Å². The normalized spacial score (nSPS) is 12.0. The van der Waals surface area contributed by atoms with Gasteiger partial charge in [-0.25, -0.2) is 23.2 Å². The second kappa shape index (κ2) is 10.9. The summed E-state index contributed by atoms with van der Waals surface area (Å²) >= 11 is 0. The number of sulfone groups is 1. The van der Waals surface area contributed by atoms with Gasteiger partial charge in [0.2, 0.25) is 0 Å². The number of ether oxygens (including phenoxy) is 1. The number of nitrogens with zero attached hydrogens (tertiary/aromatic N) is 3. The number of hydrogen-bond donors (Lipinski definition) is 3. The van der Waals surface area contributed by atoms with Crippen LogP contribution in [-0.4, -0.2) is 55.0 Å². The summed E-state index contributed by atoms with van der Waals surface area (Å²) < 4.78 is 32.6. The van der Waals surface area contributed by atoms with Crippen LogP contribution in [0.5, 0.6) is 0 Å². The maximum atomic E-state index is 12.4. The molecule has 0 unspecified atom stereocenters. The largest absolute Gasteiger partial charge is 0.478 e. The third kappa shape index (κ3) is 6.76. The van der Waals surface area contributed by atoms with Crippen molar-refractivity contribution in [2.75, 3.05) is 23.5 Å². The Balaban J connectivity index is 1.71. The molecule has 0 saturated carbocycles. The molecule has 3 heterocycles. The molecule has 200 valence electrons. The summed E-state index contributed by atoms with van der Waals surface area (Å²) in [5, 5.41) is 16.3. The van der Waals surface area contributed by atoms with E-state index in [0.717, 1.165) is 11.4 Å². The first kappa shape index (κ1) is 27.3. The van der Waals surface area contributed by atoms with Gasteiger partial charge in [0.25, 0.3) is 0 Å². The minimum atomic E-state index is -3.47. The Bertz CT molecular complexity index is 1560. The highest BCUT2D eigenvalue weighted by molar-refractivity contribution is 7.90. The molecule has 0 aliphatic heterocycles. The number of pyridine rings is 2. The lowest BCUT2D eigenvalue weighted by Crippen LogP contribution is -2.22. The summed E-state index contributed by atoms with van der Waals surface area (Å²) in [6, 6.07) is 14.4. The molecule has 0 radical (unpaired) electrons. The van der Waals surface area contributed by atoms with Crippen molar-refractivity contribution < 1.29 is 23.1 Å². The predicted octanol–water partition coefficient (Wildman–Crippen LogP) is 5.33. The fourth-order valence-corrected chi connectivity index (χ4v) is 5.34. The Hall–Kier alpha value is -3.74. The molecule has 1 aromatic carbocycles. The first-order chi connectivity index (χ1) is 17.9. The van der Waals surface area contributed by atoms with Crippen LogP contribution in [0.4, 0.5) is 23.0 Å². The highest BCUT2D eigenvalue weighted by atomic mass is 32.2. The Kier molecular flexibility index (Phi) is 7.85. The average Bonchev–Trinajstić information content (AvgIpc) is 3.24. The zero-order chi connectivity index (χ0) is 27.5. The monoisotopic (exact) mass is 553 g/mol.